The minimum Gasteiger partial charge on any atom is -0.369 e. The second kappa shape index (κ2) is 5.69. The molecule has 0 bridgehead atoms. The van der Waals surface area contributed by atoms with Crippen LogP contribution in [0.25, 0.3) is 0 Å². The van der Waals surface area contributed by atoms with Crippen molar-refractivity contribution in [3.05, 3.63) is 0 Å². The lowest BCUT2D eigenvalue weighted by Crippen LogP contribution is -2.48. The van der Waals surface area contributed by atoms with Gasteiger partial charge in [0.05, 0.1) is 6.04 Å². The highest BCUT2D eigenvalue weighted by molar-refractivity contribution is 5.82. The van der Waals surface area contributed by atoms with Crippen LogP contribution in [0.5, 0.6) is 0 Å². The molecule has 1 aliphatic carbocycles. The Bertz CT molecular complexity index is 324. The van der Waals surface area contributed by atoms with Crippen LogP contribution < -0.4 is 16.4 Å². The van der Waals surface area contributed by atoms with Gasteiger partial charge in [0.1, 0.15) is 0 Å². The normalized spacial score (nSPS) is 36.3. The number of nitrogens with two attached hydrogens (primary N) is 1. The second-order valence-electron chi connectivity index (χ2n) is 5.66. The van der Waals surface area contributed by atoms with Gasteiger partial charge in [-0.15, -0.1) is 0 Å². The van der Waals surface area contributed by atoms with E-state index in [0.717, 1.165) is 38.6 Å². The highest BCUT2D eigenvalue weighted by atomic mass is 16.2. The molecule has 4 N–H and O–H groups in total. The second-order valence-corrected chi connectivity index (χ2v) is 5.66. The Kier molecular flexibility index (Phi) is 4.22. The Morgan fingerprint density at radius 1 is 1.17 bits per heavy atom. The van der Waals surface area contributed by atoms with E-state index < -0.39 is 0 Å². The zero-order valence-electron chi connectivity index (χ0n) is 10.9. The maximum absolute atomic E-state index is 12.1. The van der Waals surface area contributed by atoms with E-state index in [2.05, 4.69) is 17.6 Å². The van der Waals surface area contributed by atoms with E-state index in [-0.39, 0.29) is 29.8 Å². The van der Waals surface area contributed by atoms with Gasteiger partial charge >= 0.3 is 0 Å². The summed E-state index contributed by atoms with van der Waals surface area (Å²) < 4.78 is 0. The van der Waals surface area contributed by atoms with E-state index in [9.17, 15) is 9.59 Å². The molecule has 5 heteroatoms. The van der Waals surface area contributed by atoms with E-state index >= 15 is 0 Å². The molecular formula is C13H23N3O2. The quantitative estimate of drug-likeness (QED) is 0.669. The first-order chi connectivity index (χ1) is 8.58. The molecule has 2 unspecified atom stereocenters. The molecule has 2 atom stereocenters. The van der Waals surface area contributed by atoms with Gasteiger partial charge < -0.3 is 16.4 Å². The number of hydrogen-bond donors (Lipinski definition) is 3. The maximum Gasteiger partial charge on any atom is 0.237 e. The Hall–Kier alpha value is -1.10. The van der Waals surface area contributed by atoms with Crippen LogP contribution in [0.1, 0.15) is 39.0 Å². The highest BCUT2D eigenvalue weighted by Gasteiger charge is 2.32. The highest BCUT2D eigenvalue weighted by Crippen LogP contribution is 2.24. The fourth-order valence-electron chi connectivity index (χ4n) is 3.00. The van der Waals surface area contributed by atoms with Gasteiger partial charge in [0.25, 0.3) is 0 Å². The van der Waals surface area contributed by atoms with Gasteiger partial charge in [-0.1, -0.05) is 6.92 Å². The monoisotopic (exact) mass is 253 g/mol. The molecule has 102 valence electrons. The van der Waals surface area contributed by atoms with E-state index in [4.69, 9.17) is 5.73 Å². The summed E-state index contributed by atoms with van der Waals surface area (Å²) in [6.07, 6.45) is 4.38. The van der Waals surface area contributed by atoms with Crippen molar-refractivity contribution in [3.8, 4) is 0 Å². The molecule has 0 radical (unpaired) electrons. The van der Waals surface area contributed by atoms with Crippen LogP contribution in [0.4, 0.5) is 0 Å². The fourth-order valence-corrected chi connectivity index (χ4v) is 3.00. The Morgan fingerprint density at radius 2 is 1.83 bits per heavy atom. The van der Waals surface area contributed by atoms with Crippen LogP contribution in [-0.4, -0.2) is 30.4 Å². The summed E-state index contributed by atoms with van der Waals surface area (Å²) in [5, 5.41) is 6.33. The number of amides is 2. The van der Waals surface area contributed by atoms with E-state index in [0.29, 0.717) is 5.92 Å². The summed E-state index contributed by atoms with van der Waals surface area (Å²) in [7, 11) is 0. The third-order valence-corrected chi connectivity index (χ3v) is 4.29. The molecule has 0 aromatic heterocycles. The van der Waals surface area contributed by atoms with Gasteiger partial charge in [0.15, 0.2) is 0 Å². The molecule has 2 amide bonds. The zero-order chi connectivity index (χ0) is 13.1. The first-order valence-electron chi connectivity index (χ1n) is 6.91. The predicted octanol–water partition coefficient (Wildman–Crippen LogP) is 0.145. The SMILES string of the molecule is CC1CCNC1C(=O)NC1CCC(C(N)=O)CC1. The van der Waals surface area contributed by atoms with E-state index in [1.54, 1.807) is 0 Å². The van der Waals surface area contributed by atoms with Crippen molar-refractivity contribution < 1.29 is 9.59 Å². The van der Waals surface area contributed by atoms with Crippen molar-refractivity contribution in [2.75, 3.05) is 6.54 Å². The van der Waals surface area contributed by atoms with Crippen molar-refractivity contribution in [2.45, 2.75) is 51.1 Å². The van der Waals surface area contributed by atoms with Crippen LogP contribution >= 0.6 is 0 Å². The van der Waals surface area contributed by atoms with Crippen LogP contribution in [-0.2, 0) is 9.59 Å². The zero-order valence-corrected chi connectivity index (χ0v) is 10.9. The number of rotatable bonds is 3. The number of nitrogens with one attached hydrogen (secondary N) is 2. The van der Waals surface area contributed by atoms with E-state index in [1.165, 1.54) is 0 Å². The predicted molar refractivity (Wildman–Crippen MR) is 68.7 cm³/mol. The Labute approximate surface area is 108 Å². The van der Waals surface area contributed by atoms with Gasteiger partial charge in [0.2, 0.25) is 11.8 Å². The lowest BCUT2D eigenvalue weighted by atomic mass is 9.85. The van der Waals surface area contributed by atoms with Crippen molar-refractivity contribution in [3.63, 3.8) is 0 Å². The average Bonchev–Trinajstić information content (AvgIpc) is 2.76. The Morgan fingerprint density at radius 3 is 2.33 bits per heavy atom. The topological polar surface area (TPSA) is 84.2 Å². The molecule has 1 saturated heterocycles. The molecule has 18 heavy (non-hydrogen) atoms. The van der Waals surface area contributed by atoms with Crippen molar-refractivity contribution in [1.29, 1.82) is 0 Å². The average molecular weight is 253 g/mol. The summed E-state index contributed by atoms with van der Waals surface area (Å²) in [6.45, 7) is 3.03. The molecule has 1 heterocycles. The summed E-state index contributed by atoms with van der Waals surface area (Å²) in [6, 6.07) is 0.168. The fraction of sp³-hybridized carbons (Fsp3) is 0.846. The summed E-state index contributed by atoms with van der Waals surface area (Å²) in [5.74, 6) is 0.321. The number of hydrogen-bond acceptors (Lipinski definition) is 3. The van der Waals surface area contributed by atoms with Crippen molar-refractivity contribution >= 4 is 11.8 Å². The molecule has 0 spiro atoms. The van der Waals surface area contributed by atoms with Crippen LogP contribution in [0.15, 0.2) is 0 Å². The molecule has 0 aromatic carbocycles. The van der Waals surface area contributed by atoms with Crippen LogP contribution in [0, 0.1) is 11.8 Å². The van der Waals surface area contributed by atoms with Gasteiger partial charge in [0, 0.05) is 12.0 Å². The van der Waals surface area contributed by atoms with E-state index in [1.807, 2.05) is 0 Å². The third kappa shape index (κ3) is 3.02. The van der Waals surface area contributed by atoms with Crippen molar-refractivity contribution in [1.82, 2.24) is 10.6 Å². The number of carbonyl (C=O) groups excluding carboxylic acids is 2. The number of primary amides is 1. The molecule has 1 saturated carbocycles. The summed E-state index contributed by atoms with van der Waals surface area (Å²) >= 11 is 0. The van der Waals surface area contributed by atoms with Gasteiger partial charge in [-0.2, -0.15) is 0 Å². The smallest absolute Gasteiger partial charge is 0.237 e. The van der Waals surface area contributed by atoms with Gasteiger partial charge in [-0.25, -0.2) is 0 Å². The molecule has 2 fully saturated rings. The van der Waals surface area contributed by atoms with Gasteiger partial charge in [-0.05, 0) is 44.6 Å². The molecule has 5 nitrogen and oxygen atoms in total. The first-order valence-corrected chi connectivity index (χ1v) is 6.91. The first kappa shape index (κ1) is 13.3. The van der Waals surface area contributed by atoms with Crippen LogP contribution in [0.3, 0.4) is 0 Å². The largest absolute Gasteiger partial charge is 0.369 e. The lowest BCUT2D eigenvalue weighted by molar-refractivity contribution is -0.124. The molecule has 0 aromatic rings. The summed E-state index contributed by atoms with van der Waals surface area (Å²) in [5.41, 5.74) is 5.30. The Balaban J connectivity index is 1.77. The number of carbonyl (C=O) groups is 2. The molecule has 1 aliphatic heterocycles. The standard InChI is InChI=1S/C13H23N3O2/c1-8-6-7-15-11(8)13(18)16-10-4-2-9(3-5-10)12(14)17/h8-11,15H,2-7H2,1H3,(H2,14,17)(H,16,18). The summed E-state index contributed by atoms with van der Waals surface area (Å²) in [4.78, 5) is 23.1. The maximum atomic E-state index is 12.1. The lowest BCUT2D eigenvalue weighted by Gasteiger charge is -2.28. The molecule has 2 aliphatic rings. The van der Waals surface area contributed by atoms with Crippen molar-refractivity contribution in [2.24, 2.45) is 17.6 Å². The minimum absolute atomic E-state index is 0.00156. The molecular weight excluding hydrogens is 230 g/mol. The van der Waals surface area contributed by atoms with Gasteiger partial charge in [-0.3, -0.25) is 9.59 Å². The van der Waals surface area contributed by atoms with Crippen LogP contribution in [0.2, 0.25) is 0 Å². The molecule has 2 rings (SSSR count). The third-order valence-electron chi connectivity index (χ3n) is 4.29. The minimum atomic E-state index is -0.203.